The Morgan fingerprint density at radius 2 is 2.19 bits per heavy atom. The van der Waals surface area contributed by atoms with Gasteiger partial charge in [0.15, 0.2) is 0 Å². The molecule has 0 radical (unpaired) electrons. The molecule has 1 aromatic carbocycles. The predicted molar refractivity (Wildman–Crippen MR) is 104 cm³/mol. The first-order chi connectivity index (χ1) is 13.3. The van der Waals surface area contributed by atoms with Crippen molar-refractivity contribution < 1.29 is 9.47 Å². The summed E-state index contributed by atoms with van der Waals surface area (Å²) in [5.41, 5.74) is 4.25. The standard InChI is InChI=1S/C22H27N3O2/c1-17-14-19(8-7-18-5-6-18)9-10-21(17)22-15-25(24-23-22)11-13-26-16-20-4-2-3-12-27-20/h9-10,14-15,18,20H,2-6,11-13,16H2,1H3. The maximum absolute atomic E-state index is 5.75. The van der Waals surface area contributed by atoms with Crippen LogP contribution in [0, 0.1) is 24.7 Å². The first kappa shape index (κ1) is 18.2. The van der Waals surface area contributed by atoms with E-state index in [0.717, 1.165) is 29.8 Å². The molecule has 0 spiro atoms. The molecule has 5 heteroatoms. The molecule has 0 amide bonds. The van der Waals surface area contributed by atoms with E-state index in [1.165, 1.54) is 31.2 Å². The normalized spacial score (nSPS) is 19.5. The lowest BCUT2D eigenvalue weighted by molar-refractivity contribution is -0.0421. The van der Waals surface area contributed by atoms with Gasteiger partial charge in [-0.15, -0.1) is 5.10 Å². The van der Waals surface area contributed by atoms with E-state index in [1.807, 2.05) is 10.9 Å². The van der Waals surface area contributed by atoms with Gasteiger partial charge in [0, 0.05) is 23.7 Å². The first-order valence-corrected chi connectivity index (χ1v) is 10.00. The molecule has 5 nitrogen and oxygen atoms in total. The number of hydrogen-bond acceptors (Lipinski definition) is 4. The Balaban J connectivity index is 1.30. The summed E-state index contributed by atoms with van der Waals surface area (Å²) in [6, 6.07) is 6.30. The van der Waals surface area contributed by atoms with Gasteiger partial charge in [-0.1, -0.05) is 23.1 Å². The van der Waals surface area contributed by atoms with Gasteiger partial charge in [-0.3, -0.25) is 0 Å². The smallest absolute Gasteiger partial charge is 0.113 e. The molecule has 142 valence electrons. The molecule has 1 unspecified atom stereocenters. The first-order valence-electron chi connectivity index (χ1n) is 10.00. The number of hydrogen-bond donors (Lipinski definition) is 0. The van der Waals surface area contributed by atoms with E-state index in [0.29, 0.717) is 25.7 Å². The Morgan fingerprint density at radius 3 is 2.96 bits per heavy atom. The summed E-state index contributed by atoms with van der Waals surface area (Å²) < 4.78 is 13.3. The van der Waals surface area contributed by atoms with Crippen LogP contribution >= 0.6 is 0 Å². The van der Waals surface area contributed by atoms with Crippen molar-refractivity contribution in [2.75, 3.05) is 19.8 Å². The molecule has 1 aromatic heterocycles. The maximum Gasteiger partial charge on any atom is 0.113 e. The molecule has 1 saturated carbocycles. The van der Waals surface area contributed by atoms with Crippen LogP contribution in [0.4, 0.5) is 0 Å². The molecule has 1 saturated heterocycles. The van der Waals surface area contributed by atoms with Crippen molar-refractivity contribution in [1.82, 2.24) is 15.0 Å². The Morgan fingerprint density at radius 1 is 1.26 bits per heavy atom. The molecule has 1 aliphatic heterocycles. The average molecular weight is 365 g/mol. The Hall–Kier alpha value is -2.16. The summed E-state index contributed by atoms with van der Waals surface area (Å²) >= 11 is 0. The number of aromatic nitrogens is 3. The fourth-order valence-corrected chi connectivity index (χ4v) is 3.28. The van der Waals surface area contributed by atoms with Gasteiger partial charge in [0.1, 0.15) is 5.69 Å². The highest BCUT2D eigenvalue weighted by Gasteiger charge is 2.17. The van der Waals surface area contributed by atoms with Crippen LogP contribution in [-0.4, -0.2) is 40.9 Å². The summed E-state index contributed by atoms with van der Waals surface area (Å²) in [5, 5.41) is 8.56. The Kier molecular flexibility index (Phi) is 5.86. The van der Waals surface area contributed by atoms with Gasteiger partial charge in [-0.25, -0.2) is 4.68 Å². The summed E-state index contributed by atoms with van der Waals surface area (Å²) in [4.78, 5) is 0. The zero-order valence-electron chi connectivity index (χ0n) is 16.0. The molecule has 0 N–H and O–H groups in total. The van der Waals surface area contributed by atoms with Gasteiger partial charge in [0.25, 0.3) is 0 Å². The van der Waals surface area contributed by atoms with Gasteiger partial charge in [-0.05, 0) is 56.7 Å². The molecule has 2 aromatic rings. The predicted octanol–water partition coefficient (Wildman–Crippen LogP) is 3.60. The van der Waals surface area contributed by atoms with Crippen LogP contribution in [0.25, 0.3) is 11.3 Å². The Bertz CT molecular complexity index is 824. The minimum Gasteiger partial charge on any atom is -0.377 e. The van der Waals surface area contributed by atoms with Crippen LogP contribution < -0.4 is 0 Å². The third kappa shape index (κ3) is 5.18. The lowest BCUT2D eigenvalue weighted by atomic mass is 10.0. The van der Waals surface area contributed by atoms with E-state index in [-0.39, 0.29) is 6.10 Å². The van der Waals surface area contributed by atoms with E-state index >= 15 is 0 Å². The van der Waals surface area contributed by atoms with Crippen LogP contribution in [0.15, 0.2) is 24.4 Å². The highest BCUT2D eigenvalue weighted by Crippen LogP contribution is 2.28. The monoisotopic (exact) mass is 365 g/mol. The summed E-state index contributed by atoms with van der Waals surface area (Å²) in [7, 11) is 0. The minimum atomic E-state index is 0.259. The molecular weight excluding hydrogens is 338 g/mol. The largest absolute Gasteiger partial charge is 0.377 e. The molecular formula is C22H27N3O2. The van der Waals surface area contributed by atoms with Crippen molar-refractivity contribution in [3.8, 4) is 23.1 Å². The number of ether oxygens (including phenoxy) is 2. The zero-order chi connectivity index (χ0) is 18.5. The number of benzene rings is 1. The van der Waals surface area contributed by atoms with Gasteiger partial charge < -0.3 is 9.47 Å². The van der Waals surface area contributed by atoms with Crippen LogP contribution in [0.3, 0.4) is 0 Å². The fraction of sp³-hybridized carbons (Fsp3) is 0.545. The third-order valence-electron chi connectivity index (χ3n) is 5.08. The highest BCUT2D eigenvalue weighted by molar-refractivity contribution is 5.64. The molecule has 4 rings (SSSR count). The van der Waals surface area contributed by atoms with E-state index in [1.54, 1.807) is 0 Å². The van der Waals surface area contributed by atoms with Crippen molar-refractivity contribution >= 4 is 0 Å². The molecule has 27 heavy (non-hydrogen) atoms. The lowest BCUT2D eigenvalue weighted by Gasteiger charge is -2.22. The van der Waals surface area contributed by atoms with Crippen LogP contribution in [0.2, 0.25) is 0 Å². The van der Waals surface area contributed by atoms with Crippen molar-refractivity contribution in [3.05, 3.63) is 35.5 Å². The summed E-state index contributed by atoms with van der Waals surface area (Å²) in [6.07, 6.45) is 8.27. The van der Waals surface area contributed by atoms with E-state index in [4.69, 9.17) is 9.47 Å². The second-order valence-corrected chi connectivity index (χ2v) is 7.50. The molecule has 2 aliphatic rings. The van der Waals surface area contributed by atoms with E-state index in [9.17, 15) is 0 Å². The van der Waals surface area contributed by atoms with Gasteiger partial charge >= 0.3 is 0 Å². The van der Waals surface area contributed by atoms with Gasteiger partial charge in [0.05, 0.1) is 32.1 Å². The van der Waals surface area contributed by atoms with Crippen molar-refractivity contribution in [1.29, 1.82) is 0 Å². The summed E-state index contributed by atoms with van der Waals surface area (Å²) in [6.45, 7) is 4.96. The molecule has 1 atom stereocenters. The van der Waals surface area contributed by atoms with E-state index < -0.39 is 0 Å². The molecule has 2 fully saturated rings. The van der Waals surface area contributed by atoms with Crippen LogP contribution in [-0.2, 0) is 16.0 Å². The summed E-state index contributed by atoms with van der Waals surface area (Å²) in [5.74, 6) is 7.21. The maximum atomic E-state index is 5.75. The van der Waals surface area contributed by atoms with Crippen molar-refractivity contribution in [3.63, 3.8) is 0 Å². The zero-order valence-corrected chi connectivity index (χ0v) is 16.0. The second kappa shape index (κ2) is 8.69. The molecule has 2 heterocycles. The van der Waals surface area contributed by atoms with Gasteiger partial charge in [0.2, 0.25) is 0 Å². The SMILES string of the molecule is Cc1cc(C#CC2CC2)ccc1-c1cn(CCOCC2CCCCO2)nn1. The number of aryl methyl sites for hydroxylation is 1. The number of nitrogens with zero attached hydrogens (tertiary/aromatic N) is 3. The highest BCUT2D eigenvalue weighted by atomic mass is 16.5. The molecule has 0 bridgehead atoms. The van der Waals surface area contributed by atoms with Crippen LogP contribution in [0.5, 0.6) is 0 Å². The third-order valence-corrected chi connectivity index (χ3v) is 5.08. The van der Waals surface area contributed by atoms with E-state index in [2.05, 4.69) is 47.3 Å². The lowest BCUT2D eigenvalue weighted by Crippen LogP contribution is -2.25. The van der Waals surface area contributed by atoms with Gasteiger partial charge in [-0.2, -0.15) is 0 Å². The topological polar surface area (TPSA) is 49.2 Å². The van der Waals surface area contributed by atoms with Crippen molar-refractivity contribution in [2.24, 2.45) is 5.92 Å². The van der Waals surface area contributed by atoms with Crippen LogP contribution in [0.1, 0.15) is 43.2 Å². The average Bonchev–Trinajstić information content (AvgIpc) is 3.41. The minimum absolute atomic E-state index is 0.259. The molecule has 1 aliphatic carbocycles. The van der Waals surface area contributed by atoms with Crippen molar-refractivity contribution in [2.45, 2.75) is 51.7 Å². The second-order valence-electron chi connectivity index (χ2n) is 7.50. The fourth-order valence-electron chi connectivity index (χ4n) is 3.28. The number of rotatable bonds is 6. The Labute approximate surface area is 161 Å². The quantitative estimate of drug-likeness (QED) is 0.580.